The number of nitrogens with one attached hydrogen (secondary N) is 1. The summed E-state index contributed by atoms with van der Waals surface area (Å²) < 4.78 is 1.66. The Balaban J connectivity index is 2.90. The molecular formula is C8H14N4O. The van der Waals surface area contributed by atoms with Crippen LogP contribution in [0.15, 0.2) is 12.3 Å². The van der Waals surface area contributed by atoms with E-state index in [1.54, 1.807) is 31.0 Å². The minimum atomic E-state index is -0.308. The van der Waals surface area contributed by atoms with Crippen molar-refractivity contribution in [1.29, 1.82) is 0 Å². The molecular weight excluding hydrogens is 168 g/mol. The molecule has 1 aromatic heterocycles. The van der Waals surface area contributed by atoms with Crippen LogP contribution in [-0.4, -0.2) is 29.3 Å². The Morgan fingerprint density at radius 1 is 1.85 bits per heavy atom. The number of carbonyl (C=O) groups is 1. The zero-order valence-electron chi connectivity index (χ0n) is 7.82. The minimum absolute atomic E-state index is 0.0777. The third-order valence-electron chi connectivity index (χ3n) is 2.01. The van der Waals surface area contributed by atoms with Crippen LogP contribution in [-0.2, 0) is 11.8 Å². The summed E-state index contributed by atoms with van der Waals surface area (Å²) in [5, 5.41) is 6.55. The first-order chi connectivity index (χ1) is 6.20. The predicted molar refractivity (Wildman–Crippen MR) is 49.1 cm³/mol. The van der Waals surface area contributed by atoms with Crippen molar-refractivity contribution in [2.24, 2.45) is 12.8 Å². The van der Waals surface area contributed by atoms with Crippen molar-refractivity contribution < 1.29 is 4.79 Å². The van der Waals surface area contributed by atoms with Gasteiger partial charge < -0.3 is 11.1 Å². The monoisotopic (exact) mass is 182 g/mol. The molecule has 1 atom stereocenters. The zero-order valence-corrected chi connectivity index (χ0v) is 7.82. The average Bonchev–Trinajstić information content (AvgIpc) is 2.53. The summed E-state index contributed by atoms with van der Waals surface area (Å²) in [6.45, 7) is 0.291. The van der Waals surface area contributed by atoms with Crippen LogP contribution in [0.25, 0.3) is 0 Å². The molecule has 0 aliphatic heterocycles. The van der Waals surface area contributed by atoms with Crippen LogP contribution in [0, 0.1) is 0 Å². The van der Waals surface area contributed by atoms with E-state index in [2.05, 4.69) is 10.4 Å². The van der Waals surface area contributed by atoms with Gasteiger partial charge in [0, 0.05) is 26.8 Å². The molecule has 5 nitrogen and oxygen atoms in total. The topological polar surface area (TPSA) is 72.9 Å². The van der Waals surface area contributed by atoms with Crippen LogP contribution >= 0.6 is 0 Å². The normalized spacial score (nSPS) is 12.5. The summed E-state index contributed by atoms with van der Waals surface area (Å²) in [4.78, 5) is 11.4. The number of amides is 1. The van der Waals surface area contributed by atoms with Crippen molar-refractivity contribution >= 4 is 5.91 Å². The highest BCUT2D eigenvalue weighted by atomic mass is 16.1. The van der Waals surface area contributed by atoms with Crippen LogP contribution in [0.3, 0.4) is 0 Å². The summed E-state index contributed by atoms with van der Waals surface area (Å²) in [6, 6.07) is 1.80. The molecule has 0 saturated carbocycles. The smallest absolute Gasteiger partial charge is 0.230 e. The van der Waals surface area contributed by atoms with E-state index >= 15 is 0 Å². The first kappa shape index (κ1) is 9.73. The number of rotatable bonds is 3. The van der Waals surface area contributed by atoms with Crippen molar-refractivity contribution in [2.75, 3.05) is 13.6 Å². The van der Waals surface area contributed by atoms with E-state index in [1.807, 2.05) is 0 Å². The van der Waals surface area contributed by atoms with E-state index in [0.29, 0.717) is 6.54 Å². The Kier molecular flexibility index (Phi) is 3.02. The number of hydrogen-bond donors (Lipinski definition) is 2. The van der Waals surface area contributed by atoms with E-state index in [-0.39, 0.29) is 11.8 Å². The second kappa shape index (κ2) is 4.04. The van der Waals surface area contributed by atoms with Crippen LogP contribution in [0.2, 0.25) is 0 Å². The number of aromatic nitrogens is 2. The summed E-state index contributed by atoms with van der Waals surface area (Å²) in [5.41, 5.74) is 6.34. The third kappa shape index (κ3) is 1.86. The van der Waals surface area contributed by atoms with Crippen LogP contribution in [0.1, 0.15) is 11.6 Å². The molecule has 0 saturated heterocycles. The van der Waals surface area contributed by atoms with Gasteiger partial charge in [0.05, 0.1) is 11.6 Å². The fourth-order valence-electron chi connectivity index (χ4n) is 1.26. The molecule has 3 N–H and O–H groups in total. The van der Waals surface area contributed by atoms with Crippen LogP contribution < -0.4 is 11.1 Å². The van der Waals surface area contributed by atoms with Crippen molar-refractivity contribution in [3.05, 3.63) is 18.0 Å². The number of likely N-dealkylation sites (N-methyl/N-ethyl adjacent to an activating group) is 1. The highest BCUT2D eigenvalue weighted by Crippen LogP contribution is 2.12. The fourth-order valence-corrected chi connectivity index (χ4v) is 1.26. The fraction of sp³-hybridized carbons (Fsp3) is 0.500. The summed E-state index contributed by atoms with van der Waals surface area (Å²) >= 11 is 0. The molecule has 0 radical (unpaired) electrons. The van der Waals surface area contributed by atoms with Gasteiger partial charge in [0.2, 0.25) is 5.91 Å². The molecule has 0 fully saturated rings. The third-order valence-corrected chi connectivity index (χ3v) is 2.01. The summed E-state index contributed by atoms with van der Waals surface area (Å²) in [5.74, 6) is -0.386. The van der Waals surface area contributed by atoms with Gasteiger partial charge in [0.15, 0.2) is 0 Å². The number of carbonyl (C=O) groups excluding carboxylic acids is 1. The number of aryl methyl sites for hydroxylation is 1. The molecule has 0 aliphatic carbocycles. The van der Waals surface area contributed by atoms with Crippen molar-refractivity contribution in [1.82, 2.24) is 15.1 Å². The molecule has 0 aromatic carbocycles. The Hall–Kier alpha value is -1.36. The molecule has 0 aliphatic rings. The molecule has 1 aromatic rings. The first-order valence-electron chi connectivity index (χ1n) is 4.10. The predicted octanol–water partition coefficient (Wildman–Crippen LogP) is -0.792. The molecule has 1 unspecified atom stereocenters. The van der Waals surface area contributed by atoms with E-state index < -0.39 is 0 Å². The molecule has 13 heavy (non-hydrogen) atoms. The van der Waals surface area contributed by atoms with Gasteiger partial charge in [-0.3, -0.25) is 9.48 Å². The Morgan fingerprint density at radius 2 is 2.54 bits per heavy atom. The molecule has 1 amide bonds. The van der Waals surface area contributed by atoms with Gasteiger partial charge in [-0.1, -0.05) is 0 Å². The first-order valence-corrected chi connectivity index (χ1v) is 4.10. The van der Waals surface area contributed by atoms with Crippen LogP contribution in [0.4, 0.5) is 0 Å². The Morgan fingerprint density at radius 3 is 2.92 bits per heavy atom. The zero-order chi connectivity index (χ0) is 9.84. The highest BCUT2D eigenvalue weighted by Gasteiger charge is 2.20. The second-order valence-corrected chi connectivity index (χ2v) is 2.78. The lowest BCUT2D eigenvalue weighted by molar-refractivity contribution is -0.122. The SMILES string of the molecule is CNC(=O)C(CN)c1ccnn1C. The van der Waals surface area contributed by atoms with Gasteiger partial charge in [0.25, 0.3) is 0 Å². The second-order valence-electron chi connectivity index (χ2n) is 2.78. The lowest BCUT2D eigenvalue weighted by Gasteiger charge is -2.12. The maximum Gasteiger partial charge on any atom is 0.230 e. The van der Waals surface area contributed by atoms with Gasteiger partial charge in [0.1, 0.15) is 0 Å². The van der Waals surface area contributed by atoms with Gasteiger partial charge in [-0.2, -0.15) is 5.10 Å². The Labute approximate surface area is 76.9 Å². The lowest BCUT2D eigenvalue weighted by atomic mass is 10.1. The molecule has 1 rings (SSSR count). The molecule has 0 bridgehead atoms. The van der Waals surface area contributed by atoms with E-state index in [9.17, 15) is 4.79 Å². The van der Waals surface area contributed by atoms with Gasteiger partial charge in [-0.25, -0.2) is 0 Å². The largest absolute Gasteiger partial charge is 0.359 e. The van der Waals surface area contributed by atoms with Crippen molar-refractivity contribution in [3.63, 3.8) is 0 Å². The number of hydrogen-bond acceptors (Lipinski definition) is 3. The quantitative estimate of drug-likeness (QED) is 0.643. The average molecular weight is 182 g/mol. The summed E-state index contributed by atoms with van der Waals surface area (Å²) in [6.07, 6.45) is 1.65. The highest BCUT2D eigenvalue weighted by molar-refractivity contribution is 5.83. The maximum absolute atomic E-state index is 11.4. The number of nitrogens with zero attached hydrogens (tertiary/aromatic N) is 2. The van der Waals surface area contributed by atoms with Gasteiger partial charge in [-0.05, 0) is 6.07 Å². The molecule has 0 spiro atoms. The van der Waals surface area contributed by atoms with Crippen molar-refractivity contribution in [2.45, 2.75) is 5.92 Å². The Bertz CT molecular complexity index is 294. The number of nitrogens with two attached hydrogens (primary N) is 1. The maximum atomic E-state index is 11.4. The van der Waals surface area contributed by atoms with Crippen molar-refractivity contribution in [3.8, 4) is 0 Å². The van der Waals surface area contributed by atoms with Gasteiger partial charge in [-0.15, -0.1) is 0 Å². The van der Waals surface area contributed by atoms with Crippen LogP contribution in [0.5, 0.6) is 0 Å². The molecule has 5 heteroatoms. The molecule has 1 heterocycles. The van der Waals surface area contributed by atoms with E-state index in [4.69, 9.17) is 5.73 Å². The minimum Gasteiger partial charge on any atom is -0.359 e. The van der Waals surface area contributed by atoms with E-state index in [1.165, 1.54) is 0 Å². The lowest BCUT2D eigenvalue weighted by Crippen LogP contribution is -2.32. The standard InChI is InChI=1S/C8H14N4O/c1-10-8(13)6(5-9)7-3-4-11-12(7)2/h3-4,6H,5,9H2,1-2H3,(H,10,13). The van der Waals surface area contributed by atoms with Gasteiger partial charge >= 0.3 is 0 Å². The molecule has 72 valence electrons. The summed E-state index contributed by atoms with van der Waals surface area (Å²) in [7, 11) is 3.39. The van der Waals surface area contributed by atoms with E-state index in [0.717, 1.165) is 5.69 Å².